The van der Waals surface area contributed by atoms with Crippen molar-refractivity contribution < 1.29 is 4.39 Å². The lowest BCUT2D eigenvalue weighted by molar-refractivity contribution is 0.268. The monoisotopic (exact) mass is 249 g/mol. The molecular formula is C16H24FN. The molecular weight excluding hydrogens is 225 g/mol. The summed E-state index contributed by atoms with van der Waals surface area (Å²) >= 11 is 0. The molecule has 1 aromatic carbocycles. The van der Waals surface area contributed by atoms with Crippen LogP contribution in [0.1, 0.15) is 57.6 Å². The van der Waals surface area contributed by atoms with Crippen molar-refractivity contribution in [1.82, 2.24) is 5.32 Å². The van der Waals surface area contributed by atoms with E-state index in [1.807, 2.05) is 6.07 Å². The van der Waals surface area contributed by atoms with Gasteiger partial charge in [0.2, 0.25) is 0 Å². The number of rotatable bonds is 4. The van der Waals surface area contributed by atoms with E-state index in [0.29, 0.717) is 6.04 Å². The molecule has 0 saturated heterocycles. The molecule has 0 heterocycles. The number of benzene rings is 1. The molecule has 0 spiro atoms. The summed E-state index contributed by atoms with van der Waals surface area (Å²) in [7, 11) is 0. The van der Waals surface area contributed by atoms with Crippen LogP contribution in [0.15, 0.2) is 24.3 Å². The zero-order valence-electron chi connectivity index (χ0n) is 11.5. The summed E-state index contributed by atoms with van der Waals surface area (Å²) in [5.74, 6) is 0.640. The minimum Gasteiger partial charge on any atom is -0.307 e. The first-order valence-corrected chi connectivity index (χ1v) is 7.18. The van der Waals surface area contributed by atoms with Crippen LogP contribution in [0.3, 0.4) is 0 Å². The summed E-state index contributed by atoms with van der Waals surface area (Å²) in [4.78, 5) is 0. The predicted molar refractivity (Wildman–Crippen MR) is 74.0 cm³/mol. The van der Waals surface area contributed by atoms with Crippen molar-refractivity contribution in [3.8, 4) is 0 Å². The van der Waals surface area contributed by atoms with Crippen molar-refractivity contribution in [2.75, 3.05) is 0 Å². The third-order valence-electron chi connectivity index (χ3n) is 4.22. The largest absolute Gasteiger partial charge is 0.307 e. The quantitative estimate of drug-likeness (QED) is 0.831. The van der Waals surface area contributed by atoms with Gasteiger partial charge in [0, 0.05) is 12.1 Å². The van der Waals surface area contributed by atoms with Crippen molar-refractivity contribution in [3.63, 3.8) is 0 Å². The minimum atomic E-state index is -0.147. The molecule has 0 aliphatic heterocycles. The van der Waals surface area contributed by atoms with Crippen molar-refractivity contribution in [2.45, 2.75) is 58.0 Å². The summed E-state index contributed by atoms with van der Waals surface area (Å²) in [6.07, 6.45) is 6.80. The smallest absolute Gasteiger partial charge is 0.123 e. The normalized spacial score (nSPS) is 20.6. The van der Waals surface area contributed by atoms with Crippen LogP contribution in [-0.2, 0) is 0 Å². The summed E-state index contributed by atoms with van der Waals surface area (Å²) < 4.78 is 13.2. The molecule has 0 amide bonds. The standard InChI is InChI=1S/C16H24FN/c1-12(14-7-4-3-5-8-14)18-13(2)15-9-6-10-16(17)11-15/h6,9-14,18H,3-5,7-8H2,1-2H3/t12?,13-/m0/s1. The first-order chi connectivity index (χ1) is 8.66. The fourth-order valence-corrected chi connectivity index (χ4v) is 3.04. The molecule has 1 aromatic rings. The van der Waals surface area contributed by atoms with E-state index < -0.39 is 0 Å². The zero-order valence-corrected chi connectivity index (χ0v) is 11.5. The van der Waals surface area contributed by atoms with Gasteiger partial charge in [0.1, 0.15) is 5.82 Å². The fraction of sp³-hybridized carbons (Fsp3) is 0.625. The third-order valence-corrected chi connectivity index (χ3v) is 4.22. The second-order valence-corrected chi connectivity index (χ2v) is 5.63. The number of halogens is 1. The highest BCUT2D eigenvalue weighted by Crippen LogP contribution is 2.27. The highest BCUT2D eigenvalue weighted by atomic mass is 19.1. The summed E-state index contributed by atoms with van der Waals surface area (Å²) in [5.41, 5.74) is 1.04. The van der Waals surface area contributed by atoms with Crippen LogP contribution in [0.4, 0.5) is 4.39 Å². The summed E-state index contributed by atoms with van der Waals surface area (Å²) in [6.45, 7) is 4.39. The van der Waals surface area contributed by atoms with Crippen LogP contribution in [-0.4, -0.2) is 6.04 Å². The fourth-order valence-electron chi connectivity index (χ4n) is 3.04. The van der Waals surface area contributed by atoms with Crippen LogP contribution in [0, 0.1) is 11.7 Å². The molecule has 1 saturated carbocycles. The van der Waals surface area contributed by atoms with E-state index in [1.54, 1.807) is 12.1 Å². The van der Waals surface area contributed by atoms with Gasteiger partial charge in [-0.1, -0.05) is 31.4 Å². The van der Waals surface area contributed by atoms with Crippen LogP contribution < -0.4 is 5.32 Å². The lowest BCUT2D eigenvalue weighted by Gasteiger charge is -2.30. The predicted octanol–water partition coefficient (Wildman–Crippen LogP) is 4.45. The first kappa shape index (κ1) is 13.5. The lowest BCUT2D eigenvalue weighted by Crippen LogP contribution is -2.36. The molecule has 2 heteroatoms. The molecule has 100 valence electrons. The van der Waals surface area contributed by atoms with Crippen LogP contribution >= 0.6 is 0 Å². The maximum absolute atomic E-state index is 13.2. The Labute approximate surface area is 110 Å². The number of hydrogen-bond acceptors (Lipinski definition) is 1. The molecule has 0 radical (unpaired) electrons. The topological polar surface area (TPSA) is 12.0 Å². The van der Waals surface area contributed by atoms with Gasteiger partial charge in [-0.3, -0.25) is 0 Å². The van der Waals surface area contributed by atoms with Gasteiger partial charge >= 0.3 is 0 Å². The number of nitrogens with one attached hydrogen (secondary N) is 1. The van der Waals surface area contributed by atoms with E-state index in [4.69, 9.17) is 0 Å². The second kappa shape index (κ2) is 6.33. The Morgan fingerprint density at radius 2 is 1.89 bits per heavy atom. The van der Waals surface area contributed by atoms with E-state index in [2.05, 4.69) is 19.2 Å². The first-order valence-electron chi connectivity index (χ1n) is 7.18. The Balaban J connectivity index is 1.91. The molecule has 1 nitrogen and oxygen atoms in total. The molecule has 1 aliphatic carbocycles. The average molecular weight is 249 g/mol. The molecule has 1 N–H and O–H groups in total. The summed E-state index contributed by atoms with van der Waals surface area (Å²) in [6, 6.07) is 7.65. The van der Waals surface area contributed by atoms with Gasteiger partial charge in [-0.05, 0) is 50.3 Å². The van der Waals surface area contributed by atoms with Gasteiger partial charge in [0.15, 0.2) is 0 Å². The maximum Gasteiger partial charge on any atom is 0.123 e. The van der Waals surface area contributed by atoms with Gasteiger partial charge in [0.25, 0.3) is 0 Å². The molecule has 1 fully saturated rings. The van der Waals surface area contributed by atoms with Crippen molar-refractivity contribution in [3.05, 3.63) is 35.6 Å². The van der Waals surface area contributed by atoms with Gasteiger partial charge in [-0.25, -0.2) is 4.39 Å². The van der Waals surface area contributed by atoms with E-state index in [1.165, 1.54) is 38.2 Å². The molecule has 2 rings (SSSR count). The van der Waals surface area contributed by atoms with Gasteiger partial charge < -0.3 is 5.32 Å². The molecule has 2 atom stereocenters. The van der Waals surface area contributed by atoms with Crippen molar-refractivity contribution >= 4 is 0 Å². The van der Waals surface area contributed by atoms with Crippen molar-refractivity contribution in [1.29, 1.82) is 0 Å². The van der Waals surface area contributed by atoms with Gasteiger partial charge in [0.05, 0.1) is 0 Å². The Kier molecular flexibility index (Phi) is 4.76. The average Bonchev–Trinajstić information content (AvgIpc) is 2.39. The van der Waals surface area contributed by atoms with E-state index in [0.717, 1.165) is 11.5 Å². The Hall–Kier alpha value is -0.890. The molecule has 1 aliphatic rings. The third kappa shape index (κ3) is 3.55. The van der Waals surface area contributed by atoms with E-state index in [-0.39, 0.29) is 11.9 Å². The SMILES string of the molecule is CC(N[C@@H](C)c1cccc(F)c1)C1CCCCC1. The van der Waals surface area contributed by atoms with E-state index in [9.17, 15) is 4.39 Å². The van der Waals surface area contributed by atoms with Crippen LogP contribution in [0.2, 0.25) is 0 Å². The highest BCUT2D eigenvalue weighted by Gasteiger charge is 2.21. The Morgan fingerprint density at radius 3 is 2.56 bits per heavy atom. The van der Waals surface area contributed by atoms with Gasteiger partial charge in [-0.15, -0.1) is 0 Å². The minimum absolute atomic E-state index is 0.147. The lowest BCUT2D eigenvalue weighted by atomic mass is 9.84. The Bertz CT molecular complexity index is 371. The zero-order chi connectivity index (χ0) is 13.0. The van der Waals surface area contributed by atoms with Crippen LogP contribution in [0.25, 0.3) is 0 Å². The van der Waals surface area contributed by atoms with Crippen LogP contribution in [0.5, 0.6) is 0 Å². The van der Waals surface area contributed by atoms with Crippen molar-refractivity contribution in [2.24, 2.45) is 5.92 Å². The maximum atomic E-state index is 13.2. The van der Waals surface area contributed by atoms with E-state index >= 15 is 0 Å². The molecule has 18 heavy (non-hydrogen) atoms. The Morgan fingerprint density at radius 1 is 1.17 bits per heavy atom. The summed E-state index contributed by atoms with van der Waals surface area (Å²) in [5, 5.41) is 3.63. The number of hydrogen-bond donors (Lipinski definition) is 1. The molecule has 0 aromatic heterocycles. The second-order valence-electron chi connectivity index (χ2n) is 5.63. The molecule has 0 bridgehead atoms. The highest BCUT2D eigenvalue weighted by molar-refractivity contribution is 5.19. The molecule has 1 unspecified atom stereocenters. The van der Waals surface area contributed by atoms with Gasteiger partial charge in [-0.2, -0.15) is 0 Å².